The first kappa shape index (κ1) is 92.4. The molecule has 10 aromatic carbocycles. The van der Waals surface area contributed by atoms with E-state index >= 15 is 0 Å². The van der Waals surface area contributed by atoms with Gasteiger partial charge in [-0.25, -0.2) is 24.9 Å². The molecule has 0 aliphatic carbocycles. The zero-order valence-electron chi connectivity index (χ0n) is 66.8. The zero-order chi connectivity index (χ0) is 91.6. The average molecular weight is 1770 g/mol. The van der Waals surface area contributed by atoms with Gasteiger partial charge < -0.3 is 44.5 Å². The van der Waals surface area contributed by atoms with Crippen molar-refractivity contribution in [1.82, 2.24) is 86.5 Å². The van der Waals surface area contributed by atoms with Gasteiger partial charge in [-0.2, -0.15) is 25.5 Å². The number of hydrogen-bond donors (Lipinski definition) is 9. The standard InChI is InChI=1S/C18H15F3N4O2.C18H16F3N3O2.C17H13F3N4O2.C17H14F3N3O2.C16H12F3N3O/c1-2-22-17(26)16-23-15(24-25-16)12-7-5-6-11(10-12)13-8-3-4-9-14(13)27-18(19,20)21;1-17(2,25)16-22-15(23-24-16)12-7-5-6-11(10-12)13-8-3-4-9-14(13)26-18(19,20)21;1-21-16(25)15-22-14(23-24-15)11-6-4-5-10(9-11)12-7-2-3-8-13(12)26-17(18,19)20;1-10(24)15-21-16(23-22-15)12-6-4-5-11(9-12)13-7-2-3-8-14(13)25-17(18,19)20;1-10-20-15(22-21-10)12-6-4-5-11(9-12)13-7-2-3-8-14(13)23-16(17,18)19/h3-10H,2H2,1H3,(H,22,26)(H,23,24,25);3-10,25H,1-2H3,(H,22,23,24);2-9H,1H3,(H,21,25)(H,22,23,24);2-10,24H,1H3,(H,21,22,23);2-9H,1H3,(H,20,21,22). The minimum absolute atomic E-state index is 0.0358. The van der Waals surface area contributed by atoms with Crippen LogP contribution < -0.4 is 34.3 Å². The number of nitrogens with zero attached hydrogens (tertiary/aromatic N) is 10. The first-order valence-corrected chi connectivity index (χ1v) is 37.4. The molecule has 658 valence electrons. The van der Waals surface area contributed by atoms with E-state index in [4.69, 9.17) is 0 Å². The highest BCUT2D eigenvalue weighted by atomic mass is 19.4. The fourth-order valence-corrected chi connectivity index (χ4v) is 11.8. The Hall–Kier alpha value is -15.3. The van der Waals surface area contributed by atoms with Crippen LogP contribution in [0.4, 0.5) is 65.9 Å². The number of nitrogens with one attached hydrogen (secondary N) is 7. The molecule has 0 saturated carbocycles. The van der Waals surface area contributed by atoms with E-state index in [9.17, 15) is 85.7 Å². The second-order valence-electron chi connectivity index (χ2n) is 27.1. The zero-order valence-corrected chi connectivity index (χ0v) is 66.8. The summed E-state index contributed by atoms with van der Waals surface area (Å²) in [6.45, 7) is 8.68. The number of para-hydroxylation sites is 5. The summed E-state index contributed by atoms with van der Waals surface area (Å²) < 4.78 is 210. The number of aromatic nitrogens is 15. The van der Waals surface area contributed by atoms with Crippen LogP contribution in [0.5, 0.6) is 28.7 Å². The molecule has 127 heavy (non-hydrogen) atoms. The third kappa shape index (κ3) is 26.4. The van der Waals surface area contributed by atoms with Crippen LogP contribution in [0.3, 0.4) is 0 Å². The number of rotatable bonds is 20. The number of halogens is 15. The summed E-state index contributed by atoms with van der Waals surface area (Å²) in [6, 6.07) is 63.2. The van der Waals surface area contributed by atoms with Crippen LogP contribution in [-0.4, -0.2) is 143 Å². The third-order valence-corrected chi connectivity index (χ3v) is 17.2. The Bertz CT molecular complexity index is 6240. The largest absolute Gasteiger partial charge is 0.573 e. The topological polar surface area (TPSA) is 353 Å². The number of amides is 2. The van der Waals surface area contributed by atoms with Crippen molar-refractivity contribution in [2.75, 3.05) is 13.6 Å². The Kier molecular flexibility index (Phi) is 29.1. The molecule has 2 amide bonds. The average Bonchev–Trinajstić information content (AvgIpc) is 1.81. The summed E-state index contributed by atoms with van der Waals surface area (Å²) in [5, 5.41) is 57.7. The van der Waals surface area contributed by atoms with Gasteiger partial charge in [-0.1, -0.05) is 182 Å². The van der Waals surface area contributed by atoms with Crippen molar-refractivity contribution in [2.24, 2.45) is 0 Å². The van der Waals surface area contributed by atoms with Crippen molar-refractivity contribution in [2.45, 2.75) is 78.1 Å². The van der Waals surface area contributed by atoms with Gasteiger partial charge in [-0.15, -0.1) is 65.9 Å². The highest BCUT2D eigenvalue weighted by Gasteiger charge is 2.37. The molecule has 5 heterocycles. The molecule has 1 atom stereocenters. The summed E-state index contributed by atoms with van der Waals surface area (Å²) in [4.78, 5) is 44.2. The van der Waals surface area contributed by atoms with E-state index in [0.717, 1.165) is 0 Å². The Morgan fingerprint density at radius 3 is 0.874 bits per heavy atom. The maximum absolute atomic E-state index is 12.6. The van der Waals surface area contributed by atoms with Gasteiger partial charge in [-0.05, 0) is 123 Å². The third-order valence-electron chi connectivity index (χ3n) is 17.2. The molecule has 0 bridgehead atoms. The van der Waals surface area contributed by atoms with Gasteiger partial charge in [0, 0.05) is 69.2 Å². The molecule has 26 nitrogen and oxygen atoms in total. The Morgan fingerprint density at radius 1 is 0.354 bits per heavy atom. The second kappa shape index (κ2) is 39.9. The van der Waals surface area contributed by atoms with E-state index < -0.39 is 55.3 Å². The van der Waals surface area contributed by atoms with Crippen LogP contribution in [0.2, 0.25) is 0 Å². The Labute approximate surface area is 709 Å². The first-order chi connectivity index (χ1) is 60.1. The Balaban J connectivity index is 0.000000154. The Morgan fingerprint density at radius 2 is 0.614 bits per heavy atom. The minimum atomic E-state index is -4.79. The van der Waals surface area contributed by atoms with E-state index in [1.165, 1.54) is 79.8 Å². The maximum atomic E-state index is 12.6. The monoisotopic (exact) mass is 1770 g/mol. The van der Waals surface area contributed by atoms with Gasteiger partial charge in [0.15, 0.2) is 40.8 Å². The lowest BCUT2D eigenvalue weighted by atomic mass is 10.0. The van der Waals surface area contributed by atoms with Crippen molar-refractivity contribution in [1.29, 1.82) is 0 Å². The van der Waals surface area contributed by atoms with Crippen molar-refractivity contribution in [3.63, 3.8) is 0 Å². The quantitative estimate of drug-likeness (QED) is 0.0320. The fraction of sp³-hybridized carbons (Fsp3) is 0.163. The van der Waals surface area contributed by atoms with Crippen LogP contribution in [0, 0.1) is 6.92 Å². The predicted octanol–water partition coefficient (Wildman–Crippen LogP) is 19.9. The van der Waals surface area contributed by atoms with Crippen molar-refractivity contribution in [3.05, 3.63) is 272 Å². The van der Waals surface area contributed by atoms with Gasteiger partial charge in [0.2, 0.25) is 11.6 Å². The predicted molar refractivity (Wildman–Crippen MR) is 432 cm³/mol. The van der Waals surface area contributed by atoms with Crippen LogP contribution in [0.1, 0.15) is 72.5 Å². The van der Waals surface area contributed by atoms with E-state index in [1.54, 1.807) is 204 Å². The number of carbonyl (C=O) groups excluding carboxylic acids is 2. The van der Waals surface area contributed by atoms with Crippen LogP contribution in [0.15, 0.2) is 243 Å². The number of aliphatic hydroxyl groups excluding tert-OH is 1. The minimum Gasteiger partial charge on any atom is -0.405 e. The fourth-order valence-electron chi connectivity index (χ4n) is 11.8. The molecular formula is C86H70F15N17O9. The molecule has 41 heteroatoms. The lowest BCUT2D eigenvalue weighted by Gasteiger charge is -2.13. The van der Waals surface area contributed by atoms with Gasteiger partial charge in [0.25, 0.3) is 11.8 Å². The summed E-state index contributed by atoms with van der Waals surface area (Å²) in [5.41, 5.74) is 5.91. The van der Waals surface area contributed by atoms with Gasteiger partial charge >= 0.3 is 31.8 Å². The van der Waals surface area contributed by atoms with Gasteiger partial charge in [-0.3, -0.25) is 35.1 Å². The molecule has 5 aromatic heterocycles. The molecule has 0 saturated heterocycles. The second-order valence-corrected chi connectivity index (χ2v) is 27.1. The molecule has 15 aromatic rings. The van der Waals surface area contributed by atoms with Crippen LogP contribution in [0.25, 0.3) is 113 Å². The lowest BCUT2D eigenvalue weighted by Crippen LogP contribution is -2.23. The molecule has 0 fully saturated rings. The number of H-pyrrole nitrogens is 5. The number of aryl methyl sites for hydroxylation is 1. The molecule has 9 N–H and O–H groups in total. The molecule has 0 spiro atoms. The summed E-state index contributed by atoms with van der Waals surface area (Å²) >= 11 is 0. The molecule has 0 radical (unpaired) electrons. The summed E-state index contributed by atoms with van der Waals surface area (Å²) in [5.74, 6) is 0.756. The summed E-state index contributed by atoms with van der Waals surface area (Å²) in [7, 11) is 1.46. The highest BCUT2D eigenvalue weighted by Crippen LogP contribution is 2.42. The number of ether oxygens (including phenoxy) is 5. The summed E-state index contributed by atoms with van der Waals surface area (Å²) in [6.07, 6.45) is -24.7. The smallest absolute Gasteiger partial charge is 0.405 e. The van der Waals surface area contributed by atoms with Gasteiger partial charge in [0.1, 0.15) is 46.3 Å². The van der Waals surface area contributed by atoms with Crippen LogP contribution in [-0.2, 0) is 5.60 Å². The number of carbonyl (C=O) groups is 2. The molecular weight excluding hydrogens is 1700 g/mol. The van der Waals surface area contributed by atoms with E-state index in [-0.39, 0.29) is 63.2 Å². The van der Waals surface area contributed by atoms with Crippen molar-refractivity contribution < 1.29 is 109 Å². The first-order valence-electron chi connectivity index (χ1n) is 37.4. The molecule has 0 aliphatic rings. The normalized spacial score (nSPS) is 11.8. The number of benzene rings is 10. The number of aliphatic hydroxyl groups is 2. The van der Waals surface area contributed by atoms with Gasteiger partial charge in [0.05, 0.1) is 0 Å². The van der Waals surface area contributed by atoms with Crippen molar-refractivity contribution in [3.8, 4) is 141 Å². The molecule has 15 rings (SSSR count). The highest BCUT2D eigenvalue weighted by molar-refractivity contribution is 5.91. The van der Waals surface area contributed by atoms with E-state index in [0.29, 0.717) is 114 Å². The van der Waals surface area contributed by atoms with E-state index in [2.05, 4.69) is 110 Å². The lowest BCUT2D eigenvalue weighted by molar-refractivity contribution is -0.275. The SMILES string of the molecule is CC(C)(O)c1nc(-c2cccc(-c3ccccc3OC(F)(F)F)c2)n[nH]1.CC(O)c1nc(-c2cccc(-c3ccccc3OC(F)(F)F)c2)n[nH]1.CCNC(=O)c1nc(-c2cccc(-c3ccccc3OC(F)(F)F)c2)n[nH]1.CNC(=O)c1nc(-c2cccc(-c3ccccc3OC(F)(F)F)c2)n[nH]1.Cc1nc(-c2cccc(-c3ccccc3OC(F)(F)F)c2)n[nH]1. The molecule has 0 aliphatic heterocycles. The molecule has 1 unspecified atom stereocenters. The van der Waals surface area contributed by atoms with E-state index in [1.807, 2.05) is 0 Å². The van der Waals surface area contributed by atoms with Crippen LogP contribution >= 0.6 is 0 Å². The number of alkyl halides is 15. The van der Waals surface area contributed by atoms with Crippen molar-refractivity contribution >= 4 is 11.8 Å². The number of hydrogen-bond acceptors (Lipinski definition) is 19. The maximum Gasteiger partial charge on any atom is 0.573 e. The number of aromatic amines is 5.